The fourth-order valence-corrected chi connectivity index (χ4v) is 3.66. The maximum Gasteiger partial charge on any atom is 0.359 e. The summed E-state index contributed by atoms with van der Waals surface area (Å²) in [6.07, 6.45) is 0.767. The number of benzene rings is 2. The number of rotatable bonds is 3. The van der Waals surface area contributed by atoms with Gasteiger partial charge in [0.15, 0.2) is 12.3 Å². The first-order valence-corrected chi connectivity index (χ1v) is 9.00. The molecule has 0 radical (unpaired) electrons. The average molecular weight is 377 g/mol. The van der Waals surface area contributed by atoms with Crippen LogP contribution in [0.2, 0.25) is 0 Å². The molecule has 1 aromatic heterocycles. The molecule has 0 saturated heterocycles. The van der Waals surface area contributed by atoms with Crippen LogP contribution in [0.3, 0.4) is 0 Å². The zero-order valence-electron chi connectivity index (χ0n) is 15.6. The summed E-state index contributed by atoms with van der Waals surface area (Å²) in [5.74, 6) is -1.03. The summed E-state index contributed by atoms with van der Waals surface area (Å²) in [6.45, 7) is 1.57. The standard InChI is InChI=1S/C21H19N3O4/c1-13-11-14-7-3-6-10-17(14)24(13)18(25)12-28-21(27)19-15-8-4-5-9-16(15)20(26)23(2)22-19/h3-10,13H,11-12H2,1-2H3/t13-/m1/s1. The zero-order valence-corrected chi connectivity index (χ0v) is 15.6. The molecule has 1 aliphatic heterocycles. The number of carbonyl (C=O) groups excluding carboxylic acids is 2. The number of aromatic nitrogens is 2. The highest BCUT2D eigenvalue weighted by Gasteiger charge is 2.31. The van der Waals surface area contributed by atoms with Gasteiger partial charge in [-0.3, -0.25) is 9.59 Å². The van der Waals surface area contributed by atoms with Crippen molar-refractivity contribution in [3.05, 3.63) is 70.1 Å². The summed E-state index contributed by atoms with van der Waals surface area (Å²) in [5.41, 5.74) is 1.66. The largest absolute Gasteiger partial charge is 0.451 e. The molecule has 0 N–H and O–H groups in total. The van der Waals surface area contributed by atoms with E-state index >= 15 is 0 Å². The zero-order chi connectivity index (χ0) is 19.8. The molecule has 0 aliphatic carbocycles. The van der Waals surface area contributed by atoms with Crippen molar-refractivity contribution in [3.63, 3.8) is 0 Å². The minimum Gasteiger partial charge on any atom is -0.451 e. The van der Waals surface area contributed by atoms with Gasteiger partial charge >= 0.3 is 5.97 Å². The Kier molecular flexibility index (Phi) is 4.43. The second-order valence-corrected chi connectivity index (χ2v) is 6.84. The van der Waals surface area contributed by atoms with E-state index in [0.717, 1.165) is 22.4 Å². The Morgan fingerprint density at radius 2 is 1.79 bits per heavy atom. The van der Waals surface area contributed by atoms with Crippen molar-refractivity contribution in [3.8, 4) is 0 Å². The maximum absolute atomic E-state index is 12.7. The minimum absolute atomic E-state index is 0.0000963. The molecule has 3 aromatic rings. The minimum atomic E-state index is -0.736. The number of nitrogens with zero attached hydrogens (tertiary/aromatic N) is 3. The van der Waals surface area contributed by atoms with Crippen molar-refractivity contribution in [2.45, 2.75) is 19.4 Å². The van der Waals surface area contributed by atoms with E-state index in [2.05, 4.69) is 5.10 Å². The van der Waals surface area contributed by atoms with Gasteiger partial charge < -0.3 is 9.64 Å². The molecular weight excluding hydrogens is 358 g/mol. The van der Waals surface area contributed by atoms with Crippen LogP contribution >= 0.6 is 0 Å². The third kappa shape index (κ3) is 2.94. The number of ether oxygens (including phenoxy) is 1. The molecule has 0 spiro atoms. The second kappa shape index (κ2) is 6.92. The Morgan fingerprint density at radius 3 is 2.57 bits per heavy atom. The Labute approximate surface area is 161 Å². The molecule has 1 aliphatic rings. The van der Waals surface area contributed by atoms with Crippen LogP contribution in [0.1, 0.15) is 23.0 Å². The fraction of sp³-hybridized carbons (Fsp3) is 0.238. The first-order chi connectivity index (χ1) is 13.5. The van der Waals surface area contributed by atoms with Crippen LogP contribution in [0.4, 0.5) is 5.69 Å². The molecular formula is C21H19N3O4. The summed E-state index contributed by atoms with van der Waals surface area (Å²) in [6, 6.07) is 14.4. The Bertz CT molecular complexity index is 1150. The number of para-hydroxylation sites is 1. The van der Waals surface area contributed by atoms with Gasteiger partial charge in [0.05, 0.1) is 5.39 Å². The average Bonchev–Trinajstić information content (AvgIpc) is 3.04. The van der Waals surface area contributed by atoms with Crippen molar-refractivity contribution in [2.24, 2.45) is 7.05 Å². The summed E-state index contributed by atoms with van der Waals surface area (Å²) in [7, 11) is 1.47. The molecule has 7 nitrogen and oxygen atoms in total. The van der Waals surface area contributed by atoms with Gasteiger partial charge in [0, 0.05) is 24.2 Å². The normalized spacial score (nSPS) is 15.5. The molecule has 2 aromatic carbocycles. The van der Waals surface area contributed by atoms with Crippen LogP contribution in [0.25, 0.3) is 10.8 Å². The van der Waals surface area contributed by atoms with Crippen LogP contribution in [-0.2, 0) is 23.0 Å². The summed E-state index contributed by atoms with van der Waals surface area (Å²) >= 11 is 0. The van der Waals surface area contributed by atoms with Gasteiger partial charge in [0.25, 0.3) is 11.5 Å². The highest BCUT2D eigenvalue weighted by atomic mass is 16.5. The van der Waals surface area contributed by atoms with E-state index in [9.17, 15) is 14.4 Å². The molecule has 1 atom stereocenters. The lowest BCUT2D eigenvalue weighted by Crippen LogP contribution is -2.38. The van der Waals surface area contributed by atoms with Gasteiger partial charge in [0.1, 0.15) is 0 Å². The van der Waals surface area contributed by atoms with Gasteiger partial charge in [-0.25, -0.2) is 9.48 Å². The number of anilines is 1. The highest BCUT2D eigenvalue weighted by Crippen LogP contribution is 2.31. The molecule has 4 rings (SSSR count). The molecule has 0 unspecified atom stereocenters. The lowest BCUT2D eigenvalue weighted by atomic mass is 10.1. The lowest BCUT2D eigenvalue weighted by molar-refractivity contribution is -0.122. The van der Waals surface area contributed by atoms with E-state index in [4.69, 9.17) is 4.74 Å². The number of hydrogen-bond acceptors (Lipinski definition) is 5. The third-order valence-electron chi connectivity index (χ3n) is 4.95. The number of amides is 1. The molecule has 0 fully saturated rings. The summed E-state index contributed by atoms with van der Waals surface area (Å²) in [4.78, 5) is 39.2. The summed E-state index contributed by atoms with van der Waals surface area (Å²) < 4.78 is 6.36. The Hall–Kier alpha value is -3.48. The number of carbonyl (C=O) groups is 2. The molecule has 0 bridgehead atoms. The van der Waals surface area contributed by atoms with Crippen molar-refractivity contribution in [1.29, 1.82) is 0 Å². The van der Waals surface area contributed by atoms with Crippen LogP contribution in [0.5, 0.6) is 0 Å². The van der Waals surface area contributed by atoms with Crippen LogP contribution < -0.4 is 10.5 Å². The summed E-state index contributed by atoms with van der Waals surface area (Å²) in [5, 5.41) is 4.81. The van der Waals surface area contributed by atoms with Crippen LogP contribution in [0.15, 0.2) is 53.3 Å². The first-order valence-electron chi connectivity index (χ1n) is 9.00. The maximum atomic E-state index is 12.7. The van der Waals surface area contributed by atoms with E-state index in [1.54, 1.807) is 29.2 Å². The monoisotopic (exact) mass is 377 g/mol. The number of fused-ring (bicyclic) bond motifs is 2. The third-order valence-corrected chi connectivity index (χ3v) is 4.95. The molecule has 1 amide bonds. The van der Waals surface area contributed by atoms with Crippen LogP contribution in [0, 0.1) is 0 Å². The van der Waals surface area contributed by atoms with Gasteiger partial charge in [0.2, 0.25) is 0 Å². The Balaban J connectivity index is 1.56. The quantitative estimate of drug-likeness (QED) is 0.653. The van der Waals surface area contributed by atoms with E-state index in [0.29, 0.717) is 10.8 Å². The molecule has 28 heavy (non-hydrogen) atoms. The molecule has 7 heteroatoms. The SMILES string of the molecule is C[C@@H]1Cc2ccccc2N1C(=O)COC(=O)c1nn(C)c(=O)c2ccccc12. The lowest BCUT2D eigenvalue weighted by Gasteiger charge is -2.22. The fourth-order valence-electron chi connectivity index (χ4n) is 3.66. The van der Waals surface area contributed by atoms with Gasteiger partial charge in [-0.15, -0.1) is 0 Å². The number of esters is 1. The van der Waals surface area contributed by atoms with E-state index in [1.165, 1.54) is 7.05 Å². The highest BCUT2D eigenvalue weighted by molar-refractivity contribution is 6.04. The molecule has 0 saturated carbocycles. The smallest absolute Gasteiger partial charge is 0.359 e. The van der Waals surface area contributed by atoms with Crippen LogP contribution in [-0.4, -0.2) is 34.3 Å². The van der Waals surface area contributed by atoms with Crippen molar-refractivity contribution in [1.82, 2.24) is 9.78 Å². The predicted octanol–water partition coefficient (Wildman–Crippen LogP) is 2.07. The molecule has 2 heterocycles. The van der Waals surface area contributed by atoms with Gasteiger partial charge in [-0.05, 0) is 31.0 Å². The van der Waals surface area contributed by atoms with Gasteiger partial charge in [-0.1, -0.05) is 36.4 Å². The Morgan fingerprint density at radius 1 is 1.11 bits per heavy atom. The van der Waals surface area contributed by atoms with Crippen molar-refractivity contribution >= 4 is 28.3 Å². The van der Waals surface area contributed by atoms with Crippen molar-refractivity contribution < 1.29 is 14.3 Å². The second-order valence-electron chi connectivity index (χ2n) is 6.84. The van der Waals surface area contributed by atoms with E-state index < -0.39 is 12.6 Å². The predicted molar refractivity (Wildman–Crippen MR) is 104 cm³/mol. The first kappa shape index (κ1) is 17.9. The molecule has 142 valence electrons. The number of aryl methyl sites for hydroxylation is 1. The number of hydrogen-bond donors (Lipinski definition) is 0. The van der Waals surface area contributed by atoms with Gasteiger partial charge in [-0.2, -0.15) is 5.10 Å². The van der Waals surface area contributed by atoms with E-state index in [1.807, 2.05) is 31.2 Å². The van der Waals surface area contributed by atoms with E-state index in [-0.39, 0.29) is 23.2 Å². The van der Waals surface area contributed by atoms with Crippen molar-refractivity contribution in [2.75, 3.05) is 11.5 Å². The topological polar surface area (TPSA) is 81.5 Å².